The second-order valence-electron chi connectivity index (χ2n) is 5.24. The summed E-state index contributed by atoms with van der Waals surface area (Å²) in [5, 5.41) is 0. The van der Waals surface area contributed by atoms with Crippen LogP contribution >= 0.6 is 0 Å². The zero-order valence-electron chi connectivity index (χ0n) is 12.7. The van der Waals surface area contributed by atoms with E-state index in [0.29, 0.717) is 13.2 Å². The Kier molecular flexibility index (Phi) is 4.28. The molecule has 0 saturated heterocycles. The van der Waals surface area contributed by atoms with Gasteiger partial charge in [-0.05, 0) is 30.7 Å². The summed E-state index contributed by atoms with van der Waals surface area (Å²) in [4.78, 5) is 12.6. The molecule has 1 aromatic heterocycles. The number of ether oxygens (including phenoxy) is 1. The summed E-state index contributed by atoms with van der Waals surface area (Å²) in [7, 11) is 0. The first-order valence-corrected chi connectivity index (χ1v) is 7.67. The van der Waals surface area contributed by atoms with E-state index < -0.39 is 0 Å². The molecule has 3 aromatic rings. The van der Waals surface area contributed by atoms with Gasteiger partial charge in [-0.15, -0.1) is 0 Å². The van der Waals surface area contributed by atoms with Crippen LogP contribution in [0.3, 0.4) is 0 Å². The molecule has 0 radical (unpaired) electrons. The number of para-hydroxylation sites is 3. The van der Waals surface area contributed by atoms with E-state index >= 15 is 0 Å². The van der Waals surface area contributed by atoms with Crippen LogP contribution in [0.2, 0.25) is 0 Å². The second-order valence-corrected chi connectivity index (χ2v) is 5.24. The van der Waals surface area contributed by atoms with Gasteiger partial charge < -0.3 is 4.74 Å². The Morgan fingerprint density at radius 1 is 0.864 bits per heavy atom. The third kappa shape index (κ3) is 2.77. The highest BCUT2D eigenvalue weighted by Gasteiger charge is 2.11. The number of hydrogen-bond donors (Lipinski definition) is 0. The van der Waals surface area contributed by atoms with Gasteiger partial charge in [0.15, 0.2) is 0 Å². The van der Waals surface area contributed by atoms with Crippen LogP contribution in [-0.2, 0) is 13.1 Å². The average molecular weight is 296 g/mol. The minimum absolute atomic E-state index is 0.0414. The largest absolute Gasteiger partial charge is 0.492 e. The van der Waals surface area contributed by atoms with E-state index in [9.17, 15) is 4.79 Å². The van der Waals surface area contributed by atoms with Crippen LogP contribution in [0.25, 0.3) is 11.0 Å². The fourth-order valence-corrected chi connectivity index (χ4v) is 2.70. The van der Waals surface area contributed by atoms with E-state index in [2.05, 4.69) is 6.92 Å². The standard InChI is InChI=1S/C18H20N2O2/c1-2-12-19-16-10-6-7-11-17(16)20(18(19)21)13-14-22-15-8-4-3-5-9-15/h3-11H,2,12-14H2,1H3. The third-order valence-corrected chi connectivity index (χ3v) is 3.70. The summed E-state index contributed by atoms with van der Waals surface area (Å²) >= 11 is 0. The maximum atomic E-state index is 12.6. The van der Waals surface area contributed by atoms with Crippen molar-refractivity contribution in [3.8, 4) is 5.75 Å². The molecule has 0 bridgehead atoms. The molecule has 0 amide bonds. The van der Waals surface area contributed by atoms with Crippen molar-refractivity contribution < 1.29 is 4.74 Å². The summed E-state index contributed by atoms with van der Waals surface area (Å²) in [6.45, 7) is 3.85. The molecule has 0 aliphatic rings. The van der Waals surface area contributed by atoms with Crippen molar-refractivity contribution in [2.75, 3.05) is 6.61 Å². The number of aromatic nitrogens is 2. The van der Waals surface area contributed by atoms with Gasteiger partial charge in [-0.2, -0.15) is 0 Å². The highest BCUT2D eigenvalue weighted by atomic mass is 16.5. The first kappa shape index (κ1) is 14.4. The first-order chi connectivity index (χ1) is 10.8. The van der Waals surface area contributed by atoms with Gasteiger partial charge in [0.2, 0.25) is 0 Å². The van der Waals surface area contributed by atoms with Gasteiger partial charge in [0.05, 0.1) is 17.6 Å². The Hall–Kier alpha value is -2.49. The lowest BCUT2D eigenvalue weighted by Crippen LogP contribution is -2.26. The molecule has 114 valence electrons. The molecular weight excluding hydrogens is 276 g/mol. The van der Waals surface area contributed by atoms with Crippen molar-refractivity contribution in [3.63, 3.8) is 0 Å². The van der Waals surface area contributed by atoms with Crippen LogP contribution in [-0.4, -0.2) is 15.7 Å². The molecule has 0 saturated carbocycles. The minimum atomic E-state index is 0.0414. The topological polar surface area (TPSA) is 36.2 Å². The van der Waals surface area contributed by atoms with E-state index in [4.69, 9.17) is 4.74 Å². The zero-order chi connectivity index (χ0) is 15.4. The summed E-state index contributed by atoms with van der Waals surface area (Å²) in [6.07, 6.45) is 0.939. The smallest absolute Gasteiger partial charge is 0.329 e. The van der Waals surface area contributed by atoms with Crippen LogP contribution in [0.15, 0.2) is 59.4 Å². The summed E-state index contributed by atoms with van der Waals surface area (Å²) in [6, 6.07) is 17.6. The van der Waals surface area contributed by atoms with Crippen molar-refractivity contribution in [2.24, 2.45) is 0 Å². The molecule has 22 heavy (non-hydrogen) atoms. The van der Waals surface area contributed by atoms with E-state index in [1.54, 1.807) is 4.57 Å². The number of imidazole rings is 1. The fourth-order valence-electron chi connectivity index (χ4n) is 2.70. The second kappa shape index (κ2) is 6.52. The Balaban J connectivity index is 1.84. The number of benzene rings is 2. The molecular formula is C18H20N2O2. The molecule has 0 unspecified atom stereocenters. The molecule has 0 aliphatic carbocycles. The van der Waals surface area contributed by atoms with E-state index in [0.717, 1.165) is 29.7 Å². The van der Waals surface area contributed by atoms with Gasteiger partial charge in [0.25, 0.3) is 0 Å². The number of fused-ring (bicyclic) bond motifs is 1. The fraction of sp³-hybridized carbons (Fsp3) is 0.278. The van der Waals surface area contributed by atoms with Gasteiger partial charge >= 0.3 is 5.69 Å². The van der Waals surface area contributed by atoms with E-state index in [1.165, 1.54) is 0 Å². The van der Waals surface area contributed by atoms with Crippen molar-refractivity contribution in [2.45, 2.75) is 26.4 Å². The lowest BCUT2D eigenvalue weighted by molar-refractivity contribution is 0.297. The number of rotatable bonds is 6. The Bertz CT molecular complexity index is 803. The average Bonchev–Trinajstić information content (AvgIpc) is 2.82. The molecule has 0 spiro atoms. The van der Waals surface area contributed by atoms with Crippen molar-refractivity contribution >= 4 is 11.0 Å². The quantitative estimate of drug-likeness (QED) is 0.700. The van der Waals surface area contributed by atoms with Crippen molar-refractivity contribution in [1.29, 1.82) is 0 Å². The van der Waals surface area contributed by atoms with Crippen LogP contribution in [0.4, 0.5) is 0 Å². The summed E-state index contributed by atoms with van der Waals surface area (Å²) in [5.41, 5.74) is 2.01. The van der Waals surface area contributed by atoms with Gasteiger partial charge in [-0.1, -0.05) is 37.3 Å². The van der Waals surface area contributed by atoms with Gasteiger partial charge in [0.1, 0.15) is 12.4 Å². The molecule has 0 atom stereocenters. The summed E-state index contributed by atoms with van der Waals surface area (Å²) in [5.74, 6) is 0.827. The maximum absolute atomic E-state index is 12.6. The van der Waals surface area contributed by atoms with Gasteiger partial charge in [0, 0.05) is 6.54 Å². The lowest BCUT2D eigenvalue weighted by Gasteiger charge is -2.06. The molecule has 4 heteroatoms. The van der Waals surface area contributed by atoms with Gasteiger partial charge in [-0.3, -0.25) is 9.13 Å². The Morgan fingerprint density at radius 3 is 2.09 bits per heavy atom. The van der Waals surface area contributed by atoms with Crippen molar-refractivity contribution in [1.82, 2.24) is 9.13 Å². The highest BCUT2D eigenvalue weighted by Crippen LogP contribution is 2.14. The number of hydrogen-bond acceptors (Lipinski definition) is 2. The third-order valence-electron chi connectivity index (χ3n) is 3.70. The predicted octanol–water partition coefficient (Wildman–Crippen LogP) is 3.29. The van der Waals surface area contributed by atoms with Crippen molar-refractivity contribution in [3.05, 3.63) is 65.1 Å². The van der Waals surface area contributed by atoms with E-state index in [-0.39, 0.29) is 5.69 Å². The van der Waals surface area contributed by atoms with Crippen LogP contribution in [0, 0.1) is 0 Å². The Morgan fingerprint density at radius 2 is 1.45 bits per heavy atom. The van der Waals surface area contributed by atoms with E-state index in [1.807, 2.05) is 59.2 Å². The molecule has 0 fully saturated rings. The molecule has 0 aliphatic heterocycles. The minimum Gasteiger partial charge on any atom is -0.492 e. The molecule has 4 nitrogen and oxygen atoms in total. The monoisotopic (exact) mass is 296 g/mol. The summed E-state index contributed by atoms with van der Waals surface area (Å²) < 4.78 is 9.36. The molecule has 3 rings (SSSR count). The first-order valence-electron chi connectivity index (χ1n) is 7.67. The zero-order valence-corrected chi connectivity index (χ0v) is 12.7. The predicted molar refractivity (Wildman–Crippen MR) is 88.4 cm³/mol. The van der Waals surface area contributed by atoms with Crippen LogP contribution < -0.4 is 10.4 Å². The lowest BCUT2D eigenvalue weighted by atomic mass is 10.3. The normalized spacial score (nSPS) is 11.0. The highest BCUT2D eigenvalue weighted by molar-refractivity contribution is 5.75. The van der Waals surface area contributed by atoms with Crippen LogP contribution in [0.1, 0.15) is 13.3 Å². The van der Waals surface area contributed by atoms with Gasteiger partial charge in [-0.25, -0.2) is 4.79 Å². The SMILES string of the molecule is CCCn1c(=O)n(CCOc2ccccc2)c2ccccc21. The maximum Gasteiger partial charge on any atom is 0.329 e. The molecule has 2 aromatic carbocycles. The Labute approximate surface area is 129 Å². The molecule has 1 heterocycles. The molecule has 0 N–H and O–H groups in total. The number of aryl methyl sites for hydroxylation is 1. The number of nitrogens with zero attached hydrogens (tertiary/aromatic N) is 2. The van der Waals surface area contributed by atoms with Crippen LogP contribution in [0.5, 0.6) is 5.75 Å².